The van der Waals surface area contributed by atoms with Crippen molar-refractivity contribution < 1.29 is 4.79 Å². The summed E-state index contributed by atoms with van der Waals surface area (Å²) in [6.07, 6.45) is 4.93. The predicted molar refractivity (Wildman–Crippen MR) is 86.1 cm³/mol. The van der Waals surface area contributed by atoms with Gasteiger partial charge in [0.2, 0.25) is 5.91 Å². The minimum absolute atomic E-state index is 0.0207. The van der Waals surface area contributed by atoms with Gasteiger partial charge in [-0.25, -0.2) is 0 Å². The largest absolute Gasteiger partial charge is 0.330 e. The lowest BCUT2D eigenvalue weighted by molar-refractivity contribution is -0.121. The molecule has 114 valence electrons. The fourth-order valence-electron chi connectivity index (χ4n) is 3.92. The maximum absolute atomic E-state index is 12.4. The van der Waals surface area contributed by atoms with Crippen molar-refractivity contribution >= 4 is 11.6 Å². The number of carbonyl (C=O) groups is 1. The molecule has 3 atom stereocenters. The van der Waals surface area contributed by atoms with Crippen LogP contribution in [0.2, 0.25) is 0 Å². The van der Waals surface area contributed by atoms with E-state index < -0.39 is 0 Å². The average Bonchev–Trinajstić information content (AvgIpc) is 3.10. The second-order valence-electron chi connectivity index (χ2n) is 7.44. The van der Waals surface area contributed by atoms with Gasteiger partial charge in [0.25, 0.3) is 0 Å². The summed E-state index contributed by atoms with van der Waals surface area (Å²) in [5, 5.41) is 3.10. The molecule has 21 heavy (non-hydrogen) atoms. The van der Waals surface area contributed by atoms with Crippen LogP contribution in [0.15, 0.2) is 24.3 Å². The van der Waals surface area contributed by atoms with Crippen LogP contribution in [0.4, 0.5) is 5.69 Å². The van der Waals surface area contributed by atoms with Crippen LogP contribution in [0.25, 0.3) is 0 Å². The van der Waals surface area contributed by atoms with Gasteiger partial charge in [0.05, 0.1) is 0 Å². The predicted octanol–water partition coefficient (Wildman–Crippen LogP) is 3.30. The van der Waals surface area contributed by atoms with Gasteiger partial charge in [-0.3, -0.25) is 4.79 Å². The molecule has 1 aromatic rings. The van der Waals surface area contributed by atoms with E-state index in [4.69, 9.17) is 5.73 Å². The quantitative estimate of drug-likeness (QED) is 0.892. The molecule has 3 nitrogen and oxygen atoms in total. The van der Waals surface area contributed by atoms with Crippen LogP contribution >= 0.6 is 0 Å². The molecule has 0 aliphatic heterocycles. The smallest absolute Gasteiger partial charge is 0.227 e. The lowest BCUT2D eigenvalue weighted by Gasteiger charge is -2.24. The monoisotopic (exact) mass is 286 g/mol. The summed E-state index contributed by atoms with van der Waals surface area (Å²) in [4.78, 5) is 12.4. The van der Waals surface area contributed by atoms with E-state index in [0.29, 0.717) is 12.5 Å². The third-order valence-corrected chi connectivity index (χ3v) is 5.52. The molecule has 0 heterocycles. The maximum Gasteiger partial charge on any atom is 0.227 e. The van der Waals surface area contributed by atoms with E-state index in [-0.39, 0.29) is 17.2 Å². The minimum Gasteiger partial charge on any atom is -0.330 e. The molecule has 2 fully saturated rings. The lowest BCUT2D eigenvalue weighted by atomic mass is 9.85. The molecule has 3 rings (SSSR count). The lowest BCUT2D eigenvalue weighted by Crippen LogP contribution is -2.28. The minimum atomic E-state index is -0.0207. The number of rotatable bonds is 4. The van der Waals surface area contributed by atoms with Crippen LogP contribution in [-0.2, 0) is 10.2 Å². The van der Waals surface area contributed by atoms with Crippen LogP contribution in [0.3, 0.4) is 0 Å². The molecule has 0 spiro atoms. The van der Waals surface area contributed by atoms with Crippen LogP contribution in [0.5, 0.6) is 0 Å². The summed E-state index contributed by atoms with van der Waals surface area (Å²) >= 11 is 0. The third kappa shape index (κ3) is 2.84. The summed E-state index contributed by atoms with van der Waals surface area (Å²) in [5.74, 6) is 1.89. The van der Waals surface area contributed by atoms with E-state index in [0.717, 1.165) is 18.0 Å². The summed E-state index contributed by atoms with van der Waals surface area (Å²) in [6.45, 7) is 4.88. The second kappa shape index (κ2) is 5.45. The Morgan fingerprint density at radius 2 is 1.95 bits per heavy atom. The molecule has 0 aromatic heterocycles. The van der Waals surface area contributed by atoms with E-state index in [1.54, 1.807) is 0 Å². The fourth-order valence-corrected chi connectivity index (χ4v) is 3.92. The number of hydrogen-bond donors (Lipinski definition) is 2. The molecule has 2 aliphatic carbocycles. The first-order valence-electron chi connectivity index (χ1n) is 8.11. The summed E-state index contributed by atoms with van der Waals surface area (Å²) < 4.78 is 0. The number of fused-ring (bicyclic) bond motifs is 2. The Bertz CT molecular complexity index is 521. The molecule has 3 N–H and O–H groups in total. The highest BCUT2D eigenvalue weighted by atomic mass is 16.1. The van der Waals surface area contributed by atoms with Crippen molar-refractivity contribution in [1.82, 2.24) is 0 Å². The van der Waals surface area contributed by atoms with Gasteiger partial charge in [0.15, 0.2) is 0 Å². The van der Waals surface area contributed by atoms with Crippen molar-refractivity contribution in [2.75, 3.05) is 11.9 Å². The van der Waals surface area contributed by atoms with Crippen molar-refractivity contribution in [3.63, 3.8) is 0 Å². The van der Waals surface area contributed by atoms with Crippen molar-refractivity contribution in [3.8, 4) is 0 Å². The molecule has 0 radical (unpaired) electrons. The standard InChI is InChI=1S/C18H26N2O/c1-18(2,11-19)14-5-7-15(8-6-14)20-17(21)16-10-12-3-4-13(16)9-12/h5-8,12-13,16H,3-4,9-11,19H2,1-2H3,(H,20,21). The number of hydrogen-bond acceptors (Lipinski definition) is 2. The number of anilines is 1. The van der Waals surface area contributed by atoms with Crippen molar-refractivity contribution in [2.45, 2.75) is 44.9 Å². The Balaban J connectivity index is 1.64. The number of nitrogens with one attached hydrogen (secondary N) is 1. The molecular weight excluding hydrogens is 260 g/mol. The Kier molecular flexibility index (Phi) is 3.78. The zero-order valence-electron chi connectivity index (χ0n) is 13.1. The van der Waals surface area contributed by atoms with Crippen molar-refractivity contribution in [3.05, 3.63) is 29.8 Å². The maximum atomic E-state index is 12.4. The van der Waals surface area contributed by atoms with Crippen molar-refractivity contribution in [1.29, 1.82) is 0 Å². The molecule has 1 aromatic carbocycles. The first-order valence-corrected chi connectivity index (χ1v) is 8.11. The highest BCUT2D eigenvalue weighted by Gasteiger charge is 2.42. The highest BCUT2D eigenvalue weighted by molar-refractivity contribution is 5.93. The van der Waals surface area contributed by atoms with Gasteiger partial charge in [-0.1, -0.05) is 32.4 Å². The van der Waals surface area contributed by atoms with Crippen LogP contribution in [0, 0.1) is 17.8 Å². The summed E-state index contributed by atoms with van der Waals surface area (Å²) in [5.41, 5.74) is 7.90. The van der Waals surface area contributed by atoms with E-state index in [1.165, 1.54) is 24.8 Å². The van der Waals surface area contributed by atoms with E-state index in [1.807, 2.05) is 12.1 Å². The molecule has 0 saturated heterocycles. The van der Waals surface area contributed by atoms with E-state index >= 15 is 0 Å². The van der Waals surface area contributed by atoms with Gasteiger partial charge in [-0.2, -0.15) is 0 Å². The summed E-state index contributed by atoms with van der Waals surface area (Å²) in [6, 6.07) is 8.14. The first-order chi connectivity index (χ1) is 9.99. The number of carbonyl (C=O) groups excluding carboxylic acids is 1. The average molecular weight is 286 g/mol. The van der Waals surface area contributed by atoms with Gasteiger partial charge >= 0.3 is 0 Å². The Labute approximate surface area is 127 Å². The van der Waals surface area contributed by atoms with Gasteiger partial charge in [0.1, 0.15) is 0 Å². The highest BCUT2D eigenvalue weighted by Crippen LogP contribution is 2.48. The normalized spacial score (nSPS) is 27.9. The molecular formula is C18H26N2O. The number of amides is 1. The summed E-state index contributed by atoms with van der Waals surface area (Å²) in [7, 11) is 0. The first kappa shape index (κ1) is 14.6. The van der Waals surface area contributed by atoms with E-state index in [9.17, 15) is 4.79 Å². The SMILES string of the molecule is CC(C)(CN)c1ccc(NC(=O)C2CC3CCC2C3)cc1. The van der Waals surface area contributed by atoms with Gasteiger partial charge in [-0.15, -0.1) is 0 Å². The zero-order valence-corrected chi connectivity index (χ0v) is 13.1. The van der Waals surface area contributed by atoms with E-state index in [2.05, 4.69) is 31.3 Å². The molecule has 3 unspecified atom stereocenters. The van der Waals surface area contributed by atoms with Crippen molar-refractivity contribution in [2.24, 2.45) is 23.5 Å². The molecule has 2 aliphatic rings. The third-order valence-electron chi connectivity index (χ3n) is 5.52. The van der Waals surface area contributed by atoms with Crippen LogP contribution < -0.4 is 11.1 Å². The van der Waals surface area contributed by atoms with Gasteiger partial charge in [0, 0.05) is 23.6 Å². The molecule has 3 heteroatoms. The topological polar surface area (TPSA) is 55.1 Å². The Hall–Kier alpha value is -1.35. The second-order valence-corrected chi connectivity index (χ2v) is 7.44. The number of nitrogens with two attached hydrogens (primary N) is 1. The Morgan fingerprint density at radius 1 is 1.24 bits per heavy atom. The molecule has 2 bridgehead atoms. The molecule has 2 saturated carbocycles. The zero-order chi connectivity index (χ0) is 15.0. The number of benzene rings is 1. The Morgan fingerprint density at radius 3 is 2.48 bits per heavy atom. The van der Waals surface area contributed by atoms with Crippen LogP contribution in [-0.4, -0.2) is 12.5 Å². The van der Waals surface area contributed by atoms with Gasteiger partial charge < -0.3 is 11.1 Å². The molecule has 1 amide bonds. The fraction of sp³-hybridized carbons (Fsp3) is 0.611. The van der Waals surface area contributed by atoms with Crippen LogP contribution in [0.1, 0.15) is 45.1 Å². The van der Waals surface area contributed by atoms with Gasteiger partial charge in [-0.05, 0) is 48.8 Å².